The van der Waals surface area contributed by atoms with Crippen molar-refractivity contribution < 1.29 is 0 Å². The lowest BCUT2D eigenvalue weighted by atomic mass is 10.1. The molecule has 16 heavy (non-hydrogen) atoms. The molecule has 1 nitrogen and oxygen atoms in total. The smallest absolute Gasteiger partial charge is 0.0456 e. The van der Waals surface area contributed by atoms with Crippen LogP contribution in [0.2, 0.25) is 0 Å². The van der Waals surface area contributed by atoms with E-state index in [1.807, 2.05) is 6.07 Å². The molecule has 3 rings (SSSR count). The second-order valence-corrected chi connectivity index (χ2v) is 4.13. The van der Waals surface area contributed by atoms with Crippen LogP contribution in [-0.4, -0.2) is 4.40 Å². The molecule has 0 aliphatic rings. The lowest BCUT2D eigenvalue weighted by Gasteiger charge is -1.98. The summed E-state index contributed by atoms with van der Waals surface area (Å²) < 4.78 is 2.15. The first kappa shape index (κ1) is 9.22. The second kappa shape index (κ2) is 3.53. The van der Waals surface area contributed by atoms with E-state index in [-0.39, 0.29) is 0 Å². The molecule has 0 spiro atoms. The molecule has 0 atom stereocenters. The predicted octanol–water partition coefficient (Wildman–Crippen LogP) is 3.91. The van der Waals surface area contributed by atoms with Crippen molar-refractivity contribution in [3.05, 3.63) is 66.5 Å². The normalized spacial score (nSPS) is 10.8. The van der Waals surface area contributed by atoms with E-state index in [0.29, 0.717) is 0 Å². The van der Waals surface area contributed by atoms with Crippen LogP contribution in [0, 0.1) is 6.92 Å². The van der Waals surface area contributed by atoms with Crippen molar-refractivity contribution in [2.75, 3.05) is 0 Å². The molecule has 2 heterocycles. The maximum Gasteiger partial charge on any atom is 0.0456 e. The molecule has 2 aromatic heterocycles. The first-order chi connectivity index (χ1) is 7.83. The fraction of sp³-hybridized carbons (Fsp3) is 0.0667. The monoisotopic (exact) mass is 207 g/mol. The maximum atomic E-state index is 2.22. The Hall–Kier alpha value is -2.02. The van der Waals surface area contributed by atoms with Crippen LogP contribution in [0.4, 0.5) is 0 Å². The first-order valence-electron chi connectivity index (χ1n) is 5.47. The van der Waals surface area contributed by atoms with Crippen molar-refractivity contribution in [3.8, 4) is 11.1 Å². The van der Waals surface area contributed by atoms with Crippen molar-refractivity contribution in [3.63, 3.8) is 0 Å². The highest BCUT2D eigenvalue weighted by molar-refractivity contribution is 5.70. The number of rotatable bonds is 1. The molecule has 3 aromatic rings. The molecule has 0 saturated heterocycles. The van der Waals surface area contributed by atoms with Crippen LogP contribution >= 0.6 is 0 Å². The third-order valence-corrected chi connectivity index (χ3v) is 2.86. The minimum atomic E-state index is 1.24. The summed E-state index contributed by atoms with van der Waals surface area (Å²) in [6, 6.07) is 17.1. The van der Waals surface area contributed by atoms with Gasteiger partial charge in [-0.15, -0.1) is 0 Å². The number of fused-ring (bicyclic) bond motifs is 1. The van der Waals surface area contributed by atoms with E-state index >= 15 is 0 Å². The standard InChI is InChI=1S/C15H13N/c1-12-5-4-6-13(9-12)14-10-15-7-2-3-8-16(15)11-14/h2-11H,1H3. The van der Waals surface area contributed by atoms with Crippen LogP contribution in [0.15, 0.2) is 60.9 Å². The van der Waals surface area contributed by atoms with Crippen LogP contribution in [0.5, 0.6) is 0 Å². The van der Waals surface area contributed by atoms with Crippen LogP contribution in [0.1, 0.15) is 5.56 Å². The third kappa shape index (κ3) is 1.50. The summed E-state index contributed by atoms with van der Waals surface area (Å²) in [4.78, 5) is 0. The first-order valence-corrected chi connectivity index (χ1v) is 5.47. The zero-order valence-electron chi connectivity index (χ0n) is 9.22. The minimum absolute atomic E-state index is 1.24. The number of pyridine rings is 1. The summed E-state index contributed by atoms with van der Waals surface area (Å²) in [6.45, 7) is 2.12. The molecule has 1 heteroatoms. The highest BCUT2D eigenvalue weighted by Crippen LogP contribution is 2.23. The van der Waals surface area contributed by atoms with Gasteiger partial charge in [0.2, 0.25) is 0 Å². The zero-order valence-corrected chi connectivity index (χ0v) is 9.22. The molecule has 78 valence electrons. The molecule has 0 radical (unpaired) electrons. The molecule has 0 amide bonds. The Morgan fingerprint density at radius 3 is 2.62 bits per heavy atom. The van der Waals surface area contributed by atoms with Crippen molar-refractivity contribution in [1.29, 1.82) is 0 Å². The van der Waals surface area contributed by atoms with Gasteiger partial charge >= 0.3 is 0 Å². The van der Waals surface area contributed by atoms with E-state index < -0.39 is 0 Å². The molecule has 0 fully saturated rings. The summed E-state index contributed by atoms with van der Waals surface area (Å²) >= 11 is 0. The lowest BCUT2D eigenvalue weighted by Crippen LogP contribution is -1.77. The molecule has 0 saturated carbocycles. The van der Waals surface area contributed by atoms with E-state index in [2.05, 4.69) is 66.2 Å². The average molecular weight is 207 g/mol. The molecular weight excluding hydrogens is 194 g/mol. The van der Waals surface area contributed by atoms with E-state index in [9.17, 15) is 0 Å². The Morgan fingerprint density at radius 2 is 1.81 bits per heavy atom. The lowest BCUT2D eigenvalue weighted by molar-refractivity contribution is 1.20. The average Bonchev–Trinajstić information content (AvgIpc) is 2.72. The van der Waals surface area contributed by atoms with Crippen molar-refractivity contribution in [2.24, 2.45) is 0 Å². The molecule has 0 aliphatic heterocycles. The molecule has 1 aromatic carbocycles. The van der Waals surface area contributed by atoms with E-state index in [4.69, 9.17) is 0 Å². The Balaban J connectivity index is 2.19. The molecule has 0 bridgehead atoms. The van der Waals surface area contributed by atoms with Crippen LogP contribution in [0.25, 0.3) is 16.6 Å². The summed E-state index contributed by atoms with van der Waals surface area (Å²) in [5.74, 6) is 0. The number of hydrogen-bond donors (Lipinski definition) is 0. The Kier molecular flexibility index (Phi) is 2.03. The summed E-state index contributed by atoms with van der Waals surface area (Å²) in [6.07, 6.45) is 4.25. The van der Waals surface area contributed by atoms with Crippen LogP contribution in [-0.2, 0) is 0 Å². The van der Waals surface area contributed by atoms with Crippen molar-refractivity contribution in [2.45, 2.75) is 6.92 Å². The molecule has 0 N–H and O–H groups in total. The van der Waals surface area contributed by atoms with Gasteiger partial charge in [0.1, 0.15) is 0 Å². The zero-order chi connectivity index (χ0) is 11.0. The molecule has 0 aliphatic carbocycles. The quantitative estimate of drug-likeness (QED) is 0.569. The van der Waals surface area contributed by atoms with Crippen LogP contribution in [0.3, 0.4) is 0 Å². The number of nitrogens with zero attached hydrogens (tertiary/aromatic N) is 1. The number of hydrogen-bond acceptors (Lipinski definition) is 0. The SMILES string of the molecule is Cc1cccc(-c2cc3ccccn3c2)c1. The van der Waals surface area contributed by atoms with Gasteiger partial charge < -0.3 is 4.40 Å². The topological polar surface area (TPSA) is 4.41 Å². The number of aryl methyl sites for hydroxylation is 1. The summed E-state index contributed by atoms with van der Waals surface area (Å²) in [5.41, 5.74) is 5.09. The Bertz CT molecular complexity index is 601. The Morgan fingerprint density at radius 1 is 0.875 bits per heavy atom. The van der Waals surface area contributed by atoms with Gasteiger partial charge in [0, 0.05) is 23.5 Å². The van der Waals surface area contributed by atoms with Gasteiger partial charge in [0.15, 0.2) is 0 Å². The predicted molar refractivity (Wildman–Crippen MR) is 67.6 cm³/mol. The minimum Gasteiger partial charge on any atom is -0.323 e. The van der Waals surface area contributed by atoms with E-state index in [1.54, 1.807) is 0 Å². The summed E-state index contributed by atoms with van der Waals surface area (Å²) in [7, 11) is 0. The van der Waals surface area contributed by atoms with Crippen molar-refractivity contribution >= 4 is 5.52 Å². The van der Waals surface area contributed by atoms with Crippen LogP contribution < -0.4 is 0 Å². The summed E-state index contributed by atoms with van der Waals surface area (Å²) in [5, 5.41) is 0. The fourth-order valence-electron chi connectivity index (χ4n) is 2.04. The Labute approximate surface area is 95.0 Å². The maximum absolute atomic E-state index is 2.22. The largest absolute Gasteiger partial charge is 0.323 e. The van der Waals surface area contributed by atoms with E-state index in [1.165, 1.54) is 22.2 Å². The van der Waals surface area contributed by atoms with Gasteiger partial charge in [-0.2, -0.15) is 0 Å². The van der Waals surface area contributed by atoms with Gasteiger partial charge in [-0.05, 0) is 30.7 Å². The van der Waals surface area contributed by atoms with Gasteiger partial charge in [0.05, 0.1) is 0 Å². The second-order valence-electron chi connectivity index (χ2n) is 4.13. The van der Waals surface area contributed by atoms with E-state index in [0.717, 1.165) is 0 Å². The fourth-order valence-corrected chi connectivity index (χ4v) is 2.04. The van der Waals surface area contributed by atoms with Crippen molar-refractivity contribution in [1.82, 2.24) is 4.40 Å². The third-order valence-electron chi connectivity index (χ3n) is 2.86. The van der Waals surface area contributed by atoms with Gasteiger partial charge in [-0.1, -0.05) is 35.9 Å². The molecule has 0 unspecified atom stereocenters. The molecular formula is C15H13N. The highest BCUT2D eigenvalue weighted by atomic mass is 14.8. The van der Waals surface area contributed by atoms with Gasteiger partial charge in [-0.3, -0.25) is 0 Å². The number of aromatic nitrogens is 1. The van der Waals surface area contributed by atoms with Gasteiger partial charge in [0.25, 0.3) is 0 Å². The van der Waals surface area contributed by atoms with Gasteiger partial charge in [-0.25, -0.2) is 0 Å². The number of benzene rings is 1. The highest BCUT2D eigenvalue weighted by Gasteiger charge is 2.01.